The second kappa shape index (κ2) is 4.66. The van der Waals surface area contributed by atoms with E-state index in [1.54, 1.807) is 0 Å². The molecule has 0 radical (unpaired) electrons. The topological polar surface area (TPSA) is 39.1 Å². The highest BCUT2D eigenvalue weighted by atomic mass is 16.5. The number of aromatic nitrogens is 2. The molecule has 1 aromatic rings. The van der Waals surface area contributed by atoms with Crippen molar-refractivity contribution in [3.8, 4) is 0 Å². The van der Waals surface area contributed by atoms with Crippen molar-refractivity contribution in [1.82, 2.24) is 9.78 Å². The van der Waals surface area contributed by atoms with Gasteiger partial charge in [-0.2, -0.15) is 5.10 Å². The maximum absolute atomic E-state index is 5.42. The predicted molar refractivity (Wildman–Crippen MR) is 60.1 cm³/mol. The fourth-order valence-electron chi connectivity index (χ4n) is 1.79. The van der Waals surface area contributed by atoms with E-state index in [9.17, 15) is 0 Å². The summed E-state index contributed by atoms with van der Waals surface area (Å²) in [6, 6.07) is 0.867. The lowest BCUT2D eigenvalue weighted by molar-refractivity contribution is 0.0876. The van der Waals surface area contributed by atoms with E-state index in [-0.39, 0.29) is 0 Å². The van der Waals surface area contributed by atoms with Gasteiger partial charge in [-0.3, -0.25) is 4.68 Å². The maximum atomic E-state index is 5.42. The van der Waals surface area contributed by atoms with Crippen LogP contribution in [0.25, 0.3) is 0 Å². The molecule has 1 atom stereocenters. The molecule has 1 saturated heterocycles. The third-order valence-electron chi connectivity index (χ3n) is 2.66. The second-order valence-corrected chi connectivity index (χ2v) is 4.36. The molecule has 0 bridgehead atoms. The molecule has 2 rings (SSSR count). The van der Waals surface area contributed by atoms with Gasteiger partial charge in [0.2, 0.25) is 0 Å². The van der Waals surface area contributed by atoms with Crippen LogP contribution in [0.5, 0.6) is 0 Å². The van der Waals surface area contributed by atoms with Crippen LogP contribution in [-0.2, 0) is 4.74 Å². The van der Waals surface area contributed by atoms with Gasteiger partial charge in [-0.25, -0.2) is 0 Å². The van der Waals surface area contributed by atoms with Gasteiger partial charge < -0.3 is 10.1 Å². The summed E-state index contributed by atoms with van der Waals surface area (Å²) in [6.45, 7) is 5.97. The number of anilines is 1. The van der Waals surface area contributed by atoms with Crippen molar-refractivity contribution in [2.45, 2.75) is 38.8 Å². The Morgan fingerprint density at radius 1 is 1.60 bits per heavy atom. The van der Waals surface area contributed by atoms with E-state index in [1.807, 2.05) is 10.9 Å². The molecular formula is C11H19N3O. The Kier molecular flexibility index (Phi) is 3.26. The summed E-state index contributed by atoms with van der Waals surface area (Å²) in [4.78, 5) is 0. The minimum Gasteiger partial charge on any atom is -0.379 e. The van der Waals surface area contributed by atoms with Gasteiger partial charge in [0.25, 0.3) is 0 Å². The lowest BCUT2D eigenvalue weighted by Gasteiger charge is -2.23. The molecular weight excluding hydrogens is 190 g/mol. The van der Waals surface area contributed by atoms with E-state index in [0.717, 1.165) is 25.3 Å². The summed E-state index contributed by atoms with van der Waals surface area (Å²) in [5.41, 5.74) is 1.10. The van der Waals surface area contributed by atoms with Crippen LogP contribution >= 0.6 is 0 Å². The Bertz CT molecular complexity index is 303. The van der Waals surface area contributed by atoms with Crippen LogP contribution in [-0.4, -0.2) is 29.0 Å². The summed E-state index contributed by atoms with van der Waals surface area (Å²) in [5, 5.41) is 7.74. The van der Waals surface area contributed by atoms with E-state index < -0.39 is 0 Å². The van der Waals surface area contributed by atoms with Crippen molar-refractivity contribution in [2.75, 3.05) is 18.5 Å². The first-order valence-corrected chi connectivity index (χ1v) is 5.64. The van der Waals surface area contributed by atoms with Crippen molar-refractivity contribution in [3.63, 3.8) is 0 Å². The fraction of sp³-hybridized carbons (Fsp3) is 0.727. The first-order valence-electron chi connectivity index (χ1n) is 5.64. The monoisotopic (exact) mass is 209 g/mol. The SMILES string of the molecule is CC(C)n1cc(NC2CCCOC2)cn1. The highest BCUT2D eigenvalue weighted by Gasteiger charge is 2.14. The molecule has 0 spiro atoms. The number of nitrogens with zero attached hydrogens (tertiary/aromatic N) is 2. The molecule has 0 aromatic carbocycles. The van der Waals surface area contributed by atoms with Crippen LogP contribution in [0.2, 0.25) is 0 Å². The summed E-state index contributed by atoms with van der Waals surface area (Å²) in [6.07, 6.45) is 6.27. The summed E-state index contributed by atoms with van der Waals surface area (Å²) in [7, 11) is 0. The molecule has 1 aliphatic heterocycles. The smallest absolute Gasteiger partial charge is 0.0729 e. The molecule has 1 unspecified atom stereocenters. The third-order valence-corrected chi connectivity index (χ3v) is 2.66. The van der Waals surface area contributed by atoms with Crippen molar-refractivity contribution in [3.05, 3.63) is 12.4 Å². The molecule has 84 valence electrons. The predicted octanol–water partition coefficient (Wildman–Crippen LogP) is 2.05. The zero-order chi connectivity index (χ0) is 10.7. The average molecular weight is 209 g/mol. The Morgan fingerprint density at radius 2 is 2.47 bits per heavy atom. The Labute approximate surface area is 90.6 Å². The first kappa shape index (κ1) is 10.5. The van der Waals surface area contributed by atoms with Crippen molar-refractivity contribution in [1.29, 1.82) is 0 Å². The van der Waals surface area contributed by atoms with E-state index in [2.05, 4.69) is 30.5 Å². The van der Waals surface area contributed by atoms with E-state index in [0.29, 0.717) is 12.1 Å². The quantitative estimate of drug-likeness (QED) is 0.828. The van der Waals surface area contributed by atoms with Gasteiger partial charge in [0.1, 0.15) is 0 Å². The Balaban J connectivity index is 1.91. The average Bonchev–Trinajstić information content (AvgIpc) is 2.68. The number of nitrogens with one attached hydrogen (secondary N) is 1. The van der Waals surface area contributed by atoms with Crippen LogP contribution in [0.4, 0.5) is 5.69 Å². The molecule has 1 N–H and O–H groups in total. The molecule has 1 fully saturated rings. The summed E-state index contributed by atoms with van der Waals surface area (Å²) in [5.74, 6) is 0. The highest BCUT2D eigenvalue weighted by molar-refractivity contribution is 5.39. The van der Waals surface area contributed by atoms with Gasteiger partial charge in [-0.05, 0) is 26.7 Å². The standard InChI is InChI=1S/C11H19N3O/c1-9(2)14-7-11(6-12-14)13-10-4-3-5-15-8-10/h6-7,9-10,13H,3-5,8H2,1-2H3. The molecule has 0 saturated carbocycles. The largest absolute Gasteiger partial charge is 0.379 e. The van der Waals surface area contributed by atoms with Crippen LogP contribution < -0.4 is 5.32 Å². The number of rotatable bonds is 3. The van der Waals surface area contributed by atoms with Crippen molar-refractivity contribution in [2.24, 2.45) is 0 Å². The van der Waals surface area contributed by atoms with E-state index in [1.165, 1.54) is 6.42 Å². The zero-order valence-electron chi connectivity index (χ0n) is 9.44. The molecule has 0 aliphatic carbocycles. The third kappa shape index (κ3) is 2.72. The number of ether oxygens (including phenoxy) is 1. The van der Waals surface area contributed by atoms with Crippen molar-refractivity contribution >= 4 is 5.69 Å². The van der Waals surface area contributed by atoms with Crippen LogP contribution in [0.1, 0.15) is 32.7 Å². The number of hydrogen-bond acceptors (Lipinski definition) is 3. The van der Waals surface area contributed by atoms with E-state index in [4.69, 9.17) is 4.74 Å². The molecule has 1 aromatic heterocycles. The minimum atomic E-state index is 0.420. The van der Waals surface area contributed by atoms with Gasteiger partial charge in [0.15, 0.2) is 0 Å². The molecule has 2 heterocycles. The Hall–Kier alpha value is -1.03. The molecule has 15 heavy (non-hydrogen) atoms. The van der Waals surface area contributed by atoms with Crippen molar-refractivity contribution < 1.29 is 4.74 Å². The Morgan fingerprint density at radius 3 is 3.07 bits per heavy atom. The molecule has 1 aliphatic rings. The fourth-order valence-corrected chi connectivity index (χ4v) is 1.79. The number of hydrogen-bond donors (Lipinski definition) is 1. The first-order chi connectivity index (χ1) is 7.25. The van der Waals surface area contributed by atoms with Gasteiger partial charge >= 0.3 is 0 Å². The van der Waals surface area contributed by atoms with Gasteiger partial charge in [-0.1, -0.05) is 0 Å². The van der Waals surface area contributed by atoms with Crippen LogP contribution in [0, 0.1) is 0 Å². The molecule has 0 amide bonds. The summed E-state index contributed by atoms with van der Waals surface area (Å²) >= 11 is 0. The van der Waals surface area contributed by atoms with Gasteiger partial charge in [0.05, 0.1) is 18.5 Å². The lowest BCUT2D eigenvalue weighted by Crippen LogP contribution is -2.29. The molecule has 4 heteroatoms. The maximum Gasteiger partial charge on any atom is 0.0729 e. The normalized spacial score (nSPS) is 21.9. The van der Waals surface area contributed by atoms with Gasteiger partial charge in [-0.15, -0.1) is 0 Å². The molecule has 4 nitrogen and oxygen atoms in total. The van der Waals surface area contributed by atoms with Crippen LogP contribution in [0.15, 0.2) is 12.4 Å². The summed E-state index contributed by atoms with van der Waals surface area (Å²) < 4.78 is 7.38. The highest BCUT2D eigenvalue weighted by Crippen LogP contribution is 2.15. The minimum absolute atomic E-state index is 0.420. The lowest BCUT2D eigenvalue weighted by atomic mass is 10.1. The second-order valence-electron chi connectivity index (χ2n) is 4.36. The zero-order valence-corrected chi connectivity index (χ0v) is 9.44. The van der Waals surface area contributed by atoms with Crippen LogP contribution in [0.3, 0.4) is 0 Å². The van der Waals surface area contributed by atoms with Gasteiger partial charge in [0, 0.05) is 24.9 Å². The van der Waals surface area contributed by atoms with E-state index >= 15 is 0 Å².